The highest BCUT2D eigenvalue weighted by Crippen LogP contribution is 2.29. The molecule has 1 aliphatic heterocycles. The molecule has 0 aromatic heterocycles. The number of quaternary nitrogens is 1. The van der Waals surface area contributed by atoms with Crippen LogP contribution in [-0.2, 0) is 14.8 Å². The first-order valence-corrected chi connectivity index (χ1v) is 10.3. The molecule has 3 N–H and O–H groups in total. The topological polar surface area (TPSA) is 92.7 Å². The third-order valence-electron chi connectivity index (χ3n) is 4.31. The van der Waals surface area contributed by atoms with Gasteiger partial charge in [-0.1, -0.05) is 11.6 Å². The molecule has 1 aliphatic carbocycles. The number of sulfonamides is 1. The summed E-state index contributed by atoms with van der Waals surface area (Å²) in [4.78, 5) is 0.134. The van der Waals surface area contributed by atoms with E-state index in [1.54, 1.807) is 0 Å². The molecule has 1 heterocycles. The first-order chi connectivity index (χ1) is 12.0. The molecule has 1 aromatic carbocycles. The fourth-order valence-corrected chi connectivity index (χ4v) is 4.37. The summed E-state index contributed by atoms with van der Waals surface area (Å²) in [5, 5.41) is 12.3. The number of nitrogens with zero attached hydrogens (tertiary/aromatic N) is 1. The van der Waals surface area contributed by atoms with E-state index in [0.717, 1.165) is 0 Å². The number of aliphatic hydroxyl groups is 1. The van der Waals surface area contributed by atoms with Crippen LogP contribution in [0.1, 0.15) is 12.8 Å². The van der Waals surface area contributed by atoms with Crippen molar-refractivity contribution in [2.45, 2.75) is 29.9 Å². The lowest BCUT2D eigenvalue weighted by Gasteiger charge is -2.26. The molecule has 0 unspecified atom stereocenters. The fourth-order valence-electron chi connectivity index (χ4n) is 2.63. The van der Waals surface area contributed by atoms with Gasteiger partial charge in [0.05, 0.1) is 29.2 Å². The predicted octanol–water partition coefficient (Wildman–Crippen LogP) is -0.174. The molecule has 9 heteroatoms. The molecule has 25 heavy (non-hydrogen) atoms. The Morgan fingerprint density at radius 3 is 2.72 bits per heavy atom. The molecule has 2 aliphatic rings. The smallest absolute Gasteiger partial charge is 0.243 e. The number of hydrogen-bond acceptors (Lipinski definition) is 5. The second kappa shape index (κ2) is 8.20. The molecule has 3 rings (SSSR count). The number of halogens is 1. The summed E-state index contributed by atoms with van der Waals surface area (Å²) in [7, 11) is -3.58. The minimum absolute atomic E-state index is 0.124. The molecule has 140 valence electrons. The van der Waals surface area contributed by atoms with E-state index in [4.69, 9.17) is 21.1 Å². The first-order valence-electron chi connectivity index (χ1n) is 8.48. The number of rotatable bonds is 8. The van der Waals surface area contributed by atoms with Crippen molar-refractivity contribution in [1.82, 2.24) is 4.31 Å². The zero-order chi connectivity index (χ0) is 17.9. The van der Waals surface area contributed by atoms with Gasteiger partial charge in [0.2, 0.25) is 10.0 Å². The standard InChI is InChI=1S/C16H23ClN2O5S/c17-15-9-14(25(21,22)19-5-7-23-8-6-19)3-4-16(15)24-11-13(20)10-18-12-1-2-12/h3-4,9,12-13,18,20H,1-2,5-8,10-11H2/p+1/t13-/m1/s1. The maximum Gasteiger partial charge on any atom is 0.243 e. The van der Waals surface area contributed by atoms with E-state index in [-0.39, 0.29) is 16.5 Å². The van der Waals surface area contributed by atoms with Gasteiger partial charge in [-0.3, -0.25) is 0 Å². The molecule has 1 saturated heterocycles. The van der Waals surface area contributed by atoms with E-state index in [2.05, 4.69) is 5.32 Å². The molecular formula is C16H24ClN2O5S+. The molecule has 1 aromatic rings. The lowest BCUT2D eigenvalue weighted by molar-refractivity contribution is -0.674. The van der Waals surface area contributed by atoms with Gasteiger partial charge in [0.1, 0.15) is 25.0 Å². The fraction of sp³-hybridized carbons (Fsp3) is 0.625. The van der Waals surface area contributed by atoms with Gasteiger partial charge in [0.25, 0.3) is 0 Å². The van der Waals surface area contributed by atoms with Crippen LogP contribution in [0.15, 0.2) is 23.1 Å². The van der Waals surface area contributed by atoms with E-state index in [9.17, 15) is 13.5 Å². The van der Waals surface area contributed by atoms with E-state index in [0.29, 0.717) is 44.6 Å². The minimum atomic E-state index is -3.58. The SMILES string of the molecule is O=S(=O)(c1ccc(OC[C@H](O)C[NH2+]C2CC2)c(Cl)c1)N1CCOCC1. The normalized spacial score (nSPS) is 20.4. The zero-order valence-electron chi connectivity index (χ0n) is 13.9. The van der Waals surface area contributed by atoms with Gasteiger partial charge in [-0.05, 0) is 18.2 Å². The summed E-state index contributed by atoms with van der Waals surface area (Å²) in [6, 6.07) is 5.05. The molecule has 2 fully saturated rings. The van der Waals surface area contributed by atoms with Crippen LogP contribution < -0.4 is 10.1 Å². The Balaban J connectivity index is 1.59. The van der Waals surface area contributed by atoms with Crippen LogP contribution in [0.5, 0.6) is 5.75 Å². The highest BCUT2D eigenvalue weighted by Gasteiger charge is 2.27. The number of benzene rings is 1. The van der Waals surface area contributed by atoms with Gasteiger partial charge in [0, 0.05) is 25.9 Å². The molecule has 0 amide bonds. The highest BCUT2D eigenvalue weighted by atomic mass is 35.5. The summed E-state index contributed by atoms with van der Waals surface area (Å²) in [5.74, 6) is 0.369. The Bertz CT molecular complexity index is 690. The summed E-state index contributed by atoms with van der Waals surface area (Å²) >= 11 is 6.17. The van der Waals surface area contributed by atoms with Crippen molar-refractivity contribution in [3.05, 3.63) is 23.2 Å². The van der Waals surface area contributed by atoms with Crippen LogP contribution in [0.3, 0.4) is 0 Å². The van der Waals surface area contributed by atoms with Gasteiger partial charge >= 0.3 is 0 Å². The van der Waals surface area contributed by atoms with Gasteiger partial charge in [-0.25, -0.2) is 8.42 Å². The Morgan fingerprint density at radius 2 is 2.08 bits per heavy atom. The van der Waals surface area contributed by atoms with Crippen molar-refractivity contribution in [2.75, 3.05) is 39.5 Å². The van der Waals surface area contributed by atoms with E-state index < -0.39 is 16.1 Å². The zero-order valence-corrected chi connectivity index (χ0v) is 15.5. The number of hydrogen-bond donors (Lipinski definition) is 2. The average Bonchev–Trinajstić information content (AvgIpc) is 3.44. The van der Waals surface area contributed by atoms with Crippen LogP contribution in [0.25, 0.3) is 0 Å². The van der Waals surface area contributed by atoms with Crippen molar-refractivity contribution in [2.24, 2.45) is 0 Å². The van der Waals surface area contributed by atoms with Crippen LogP contribution in [0, 0.1) is 0 Å². The Labute approximate surface area is 152 Å². The number of nitrogens with two attached hydrogens (primary N) is 1. The number of ether oxygens (including phenoxy) is 2. The monoisotopic (exact) mass is 391 g/mol. The van der Waals surface area contributed by atoms with Crippen molar-refractivity contribution in [3.63, 3.8) is 0 Å². The number of morpholine rings is 1. The average molecular weight is 392 g/mol. The van der Waals surface area contributed by atoms with E-state index in [1.807, 2.05) is 0 Å². The van der Waals surface area contributed by atoms with Crippen LogP contribution in [0.4, 0.5) is 0 Å². The largest absolute Gasteiger partial charge is 0.489 e. The minimum Gasteiger partial charge on any atom is -0.489 e. The molecule has 1 atom stereocenters. The molecule has 1 saturated carbocycles. The predicted molar refractivity (Wildman–Crippen MR) is 92.3 cm³/mol. The second-order valence-electron chi connectivity index (χ2n) is 6.38. The van der Waals surface area contributed by atoms with Crippen molar-refractivity contribution in [1.29, 1.82) is 0 Å². The lowest BCUT2D eigenvalue weighted by Crippen LogP contribution is -2.88. The van der Waals surface area contributed by atoms with E-state index >= 15 is 0 Å². The molecule has 0 radical (unpaired) electrons. The molecule has 0 bridgehead atoms. The van der Waals surface area contributed by atoms with Gasteiger partial charge in [0.15, 0.2) is 0 Å². The second-order valence-corrected chi connectivity index (χ2v) is 8.73. The van der Waals surface area contributed by atoms with Crippen molar-refractivity contribution in [3.8, 4) is 5.75 Å². The van der Waals surface area contributed by atoms with Gasteiger partial charge in [-0.15, -0.1) is 0 Å². The molecular weight excluding hydrogens is 368 g/mol. The Hall–Kier alpha value is -0.900. The first kappa shape index (κ1) is 18.9. The third kappa shape index (κ3) is 5.06. The summed E-state index contributed by atoms with van der Waals surface area (Å²) in [6.07, 6.45) is 1.82. The number of aliphatic hydroxyl groups excluding tert-OH is 1. The summed E-state index contributed by atoms with van der Waals surface area (Å²) in [6.45, 7) is 2.17. The van der Waals surface area contributed by atoms with Crippen molar-refractivity contribution < 1.29 is 28.3 Å². The summed E-state index contributed by atoms with van der Waals surface area (Å²) in [5.41, 5.74) is 0. The maximum absolute atomic E-state index is 12.6. The van der Waals surface area contributed by atoms with Crippen LogP contribution in [0.2, 0.25) is 5.02 Å². The molecule has 0 spiro atoms. The quantitative estimate of drug-likeness (QED) is 0.641. The van der Waals surface area contributed by atoms with E-state index in [1.165, 1.54) is 35.3 Å². The maximum atomic E-state index is 12.6. The Kier molecular flexibility index (Phi) is 6.19. The Morgan fingerprint density at radius 1 is 1.36 bits per heavy atom. The highest BCUT2D eigenvalue weighted by molar-refractivity contribution is 7.89. The third-order valence-corrected chi connectivity index (χ3v) is 6.50. The van der Waals surface area contributed by atoms with Crippen LogP contribution >= 0.6 is 11.6 Å². The van der Waals surface area contributed by atoms with Gasteiger partial charge in [-0.2, -0.15) is 4.31 Å². The summed E-state index contributed by atoms with van der Waals surface area (Å²) < 4.78 is 37.3. The lowest BCUT2D eigenvalue weighted by atomic mass is 10.3. The van der Waals surface area contributed by atoms with Gasteiger partial charge < -0.3 is 19.9 Å². The van der Waals surface area contributed by atoms with Crippen LogP contribution in [-0.4, -0.2) is 69.4 Å². The van der Waals surface area contributed by atoms with Crippen molar-refractivity contribution >= 4 is 21.6 Å². The molecule has 7 nitrogen and oxygen atoms in total.